The van der Waals surface area contributed by atoms with Gasteiger partial charge in [-0.1, -0.05) is 12.1 Å². The van der Waals surface area contributed by atoms with Crippen LogP contribution in [0.25, 0.3) is 0 Å². The fourth-order valence-corrected chi connectivity index (χ4v) is 4.73. The van der Waals surface area contributed by atoms with E-state index in [1.165, 1.54) is 36.0 Å². The van der Waals surface area contributed by atoms with Gasteiger partial charge in [0.1, 0.15) is 29.9 Å². The summed E-state index contributed by atoms with van der Waals surface area (Å²) in [4.78, 5) is 91.1. The molecule has 272 valence electrons. The number of phenols is 1. The summed E-state index contributed by atoms with van der Waals surface area (Å²) >= 11 is 1.34. The lowest BCUT2D eigenvalue weighted by Gasteiger charge is -2.26. The molecule has 0 bridgehead atoms. The lowest BCUT2D eigenvalue weighted by atomic mass is 10.0. The van der Waals surface area contributed by atoms with Crippen LogP contribution in [-0.4, -0.2) is 112 Å². The van der Waals surface area contributed by atoms with Crippen LogP contribution in [0.15, 0.2) is 29.3 Å². The lowest BCUT2D eigenvalue weighted by molar-refractivity contribution is -0.142. The minimum absolute atomic E-state index is 0.0319. The molecular weight excluding hydrogens is 666 g/mol. The Kier molecular flexibility index (Phi) is 18.6. The number of carbonyl (C=O) groups excluding carboxylic acids is 5. The number of aliphatic carboxylic acids is 2. The highest BCUT2D eigenvalue weighted by atomic mass is 32.2. The maximum Gasteiger partial charge on any atom is 0.326 e. The number of carbonyl (C=O) groups is 7. The molecule has 15 N–H and O–H groups in total. The number of benzene rings is 1. The summed E-state index contributed by atoms with van der Waals surface area (Å²) in [5.41, 5.74) is 22.1. The minimum atomic E-state index is -1.57. The largest absolute Gasteiger partial charge is 0.508 e. The molecule has 19 nitrogen and oxygen atoms in total. The van der Waals surface area contributed by atoms with Gasteiger partial charge in [-0.05, 0) is 55.4 Å². The second-order valence-electron chi connectivity index (χ2n) is 10.9. The number of thioether (sulfide) groups is 1. The van der Waals surface area contributed by atoms with E-state index in [0.717, 1.165) is 0 Å². The van der Waals surface area contributed by atoms with Crippen LogP contribution in [0.3, 0.4) is 0 Å². The van der Waals surface area contributed by atoms with Gasteiger partial charge in [0, 0.05) is 19.4 Å². The number of aliphatic imine (C=N–C) groups is 1. The van der Waals surface area contributed by atoms with E-state index in [2.05, 4.69) is 26.3 Å². The molecular formula is C29H45N9O10S. The highest BCUT2D eigenvalue weighted by molar-refractivity contribution is 7.98. The third-order valence-corrected chi connectivity index (χ3v) is 7.50. The van der Waals surface area contributed by atoms with Crippen molar-refractivity contribution in [2.24, 2.45) is 27.9 Å². The molecule has 0 spiro atoms. The first-order valence-corrected chi connectivity index (χ1v) is 16.5. The van der Waals surface area contributed by atoms with Crippen LogP contribution in [0.4, 0.5) is 0 Å². The van der Waals surface area contributed by atoms with Crippen molar-refractivity contribution in [3.05, 3.63) is 29.8 Å². The summed E-state index contributed by atoms with van der Waals surface area (Å²) in [5.74, 6) is -7.02. The minimum Gasteiger partial charge on any atom is -0.508 e. The standard InChI is InChI=1S/C29H45N9O10S/c1-49-12-10-18(35-27(46)21(14-22(31)40)37-24(43)17(30)8-9-23(41)42)25(44)38-20(13-15-4-6-16(39)7-5-15)26(45)36-19(28(47)48)3-2-11-34-29(32)33/h4-7,17-21,39H,2-3,8-14,30H2,1H3,(H2,31,40)(H,35,46)(H,36,45)(H,37,43)(H,38,44)(H,41,42)(H,47,48)(H4,32,33,34)/t17-,18-,19-,20-,21-/m0/s1. The van der Waals surface area contributed by atoms with E-state index in [1.807, 2.05) is 0 Å². The summed E-state index contributed by atoms with van der Waals surface area (Å²) in [6.45, 7) is 0.109. The number of carboxylic acids is 2. The number of amides is 5. The zero-order valence-corrected chi connectivity index (χ0v) is 27.7. The van der Waals surface area contributed by atoms with Gasteiger partial charge in [-0.3, -0.25) is 33.8 Å². The normalized spacial score (nSPS) is 13.8. The van der Waals surface area contributed by atoms with Crippen LogP contribution >= 0.6 is 11.8 Å². The molecule has 0 unspecified atom stereocenters. The quantitative estimate of drug-likeness (QED) is 0.0303. The summed E-state index contributed by atoms with van der Waals surface area (Å²) < 4.78 is 0. The maximum absolute atomic E-state index is 13.6. The third kappa shape index (κ3) is 17.0. The van der Waals surface area contributed by atoms with Crippen LogP contribution in [0, 0.1) is 0 Å². The monoisotopic (exact) mass is 711 g/mol. The fourth-order valence-electron chi connectivity index (χ4n) is 4.26. The predicted molar refractivity (Wildman–Crippen MR) is 179 cm³/mol. The third-order valence-electron chi connectivity index (χ3n) is 6.86. The first-order valence-electron chi connectivity index (χ1n) is 15.1. The molecule has 1 aromatic carbocycles. The van der Waals surface area contributed by atoms with Crippen molar-refractivity contribution >= 4 is 59.2 Å². The molecule has 5 amide bonds. The first-order chi connectivity index (χ1) is 23.0. The van der Waals surface area contributed by atoms with Gasteiger partial charge in [0.15, 0.2) is 5.96 Å². The van der Waals surface area contributed by atoms with Crippen molar-refractivity contribution < 1.29 is 48.9 Å². The molecule has 49 heavy (non-hydrogen) atoms. The van der Waals surface area contributed by atoms with Crippen molar-refractivity contribution in [2.45, 2.75) is 75.2 Å². The average molecular weight is 712 g/mol. The van der Waals surface area contributed by atoms with E-state index in [1.54, 1.807) is 6.26 Å². The van der Waals surface area contributed by atoms with Gasteiger partial charge in [0.2, 0.25) is 29.5 Å². The predicted octanol–water partition coefficient (Wildman–Crippen LogP) is -3.17. The fraction of sp³-hybridized carbons (Fsp3) is 0.517. The number of nitrogens with one attached hydrogen (secondary N) is 4. The van der Waals surface area contributed by atoms with Crippen LogP contribution < -0.4 is 44.2 Å². The van der Waals surface area contributed by atoms with Crippen molar-refractivity contribution in [3.8, 4) is 5.75 Å². The number of guanidine groups is 1. The maximum atomic E-state index is 13.6. The zero-order chi connectivity index (χ0) is 37.1. The van der Waals surface area contributed by atoms with Crippen molar-refractivity contribution in [3.63, 3.8) is 0 Å². The second-order valence-corrected chi connectivity index (χ2v) is 11.9. The number of hydrogen-bond acceptors (Lipinski definition) is 11. The number of aromatic hydroxyl groups is 1. The zero-order valence-electron chi connectivity index (χ0n) is 26.9. The second kappa shape index (κ2) is 21.7. The van der Waals surface area contributed by atoms with Gasteiger partial charge in [-0.25, -0.2) is 4.79 Å². The molecule has 1 rings (SSSR count). The number of primary amides is 1. The number of hydrogen-bond donors (Lipinski definition) is 11. The molecule has 0 aromatic heterocycles. The van der Waals surface area contributed by atoms with E-state index < -0.39 is 84.5 Å². The number of phenolic OH excluding ortho intramolecular Hbond substituents is 1. The number of nitrogens with zero attached hydrogens (tertiary/aromatic N) is 1. The highest BCUT2D eigenvalue weighted by Gasteiger charge is 2.32. The number of nitrogens with two attached hydrogens (primary N) is 4. The average Bonchev–Trinajstić information content (AvgIpc) is 3.02. The van der Waals surface area contributed by atoms with Crippen LogP contribution in [0.2, 0.25) is 0 Å². The molecule has 0 heterocycles. The SMILES string of the molecule is CSCC[C@H](NC(=O)[C@H](CC(N)=O)NC(=O)[C@@H](N)CCC(=O)O)C(=O)N[C@@H](Cc1ccc(O)cc1)C(=O)N[C@@H](CCCN=C(N)N)C(=O)O. The summed E-state index contributed by atoms with van der Waals surface area (Å²) in [6.07, 6.45) is 0.436. The Morgan fingerprint density at radius 3 is 1.88 bits per heavy atom. The Labute approximate surface area is 286 Å². The molecule has 0 fully saturated rings. The van der Waals surface area contributed by atoms with E-state index >= 15 is 0 Å². The molecule has 0 aliphatic rings. The van der Waals surface area contributed by atoms with E-state index in [0.29, 0.717) is 11.3 Å². The van der Waals surface area contributed by atoms with E-state index in [-0.39, 0.29) is 50.4 Å². The van der Waals surface area contributed by atoms with Crippen molar-refractivity contribution in [1.82, 2.24) is 21.3 Å². The Morgan fingerprint density at radius 2 is 1.33 bits per heavy atom. The number of rotatable bonds is 23. The van der Waals surface area contributed by atoms with Crippen LogP contribution in [-0.2, 0) is 40.0 Å². The Bertz CT molecular complexity index is 1340. The Morgan fingerprint density at radius 1 is 0.776 bits per heavy atom. The molecule has 0 aliphatic heterocycles. The van der Waals surface area contributed by atoms with Gasteiger partial charge in [-0.2, -0.15) is 11.8 Å². The van der Waals surface area contributed by atoms with Gasteiger partial charge in [0.25, 0.3) is 0 Å². The number of carboxylic acid groups (broad SMARTS) is 2. The molecule has 0 saturated heterocycles. The van der Waals surface area contributed by atoms with Crippen molar-refractivity contribution in [1.29, 1.82) is 0 Å². The van der Waals surface area contributed by atoms with Gasteiger partial charge in [-0.15, -0.1) is 0 Å². The molecule has 0 saturated carbocycles. The smallest absolute Gasteiger partial charge is 0.326 e. The van der Waals surface area contributed by atoms with E-state index in [4.69, 9.17) is 28.0 Å². The van der Waals surface area contributed by atoms with Crippen LogP contribution in [0.5, 0.6) is 5.75 Å². The van der Waals surface area contributed by atoms with Gasteiger partial charge in [0.05, 0.1) is 12.5 Å². The van der Waals surface area contributed by atoms with Crippen LogP contribution in [0.1, 0.15) is 44.1 Å². The molecule has 20 heteroatoms. The summed E-state index contributed by atoms with van der Waals surface area (Å²) in [6, 6.07) is -1.22. The van der Waals surface area contributed by atoms with Gasteiger partial charge < -0.3 is 59.5 Å². The topological polar surface area (TPSA) is 345 Å². The van der Waals surface area contributed by atoms with E-state index in [9.17, 15) is 43.8 Å². The Balaban J connectivity index is 3.24. The Hall–Kier alpha value is -5.11. The van der Waals surface area contributed by atoms with Gasteiger partial charge >= 0.3 is 11.9 Å². The van der Waals surface area contributed by atoms with Crippen molar-refractivity contribution in [2.75, 3.05) is 18.6 Å². The lowest BCUT2D eigenvalue weighted by Crippen LogP contribution is -2.59. The molecule has 1 aromatic rings. The molecule has 0 aliphatic carbocycles. The molecule has 0 radical (unpaired) electrons. The first kappa shape index (κ1) is 41.9. The summed E-state index contributed by atoms with van der Waals surface area (Å²) in [5, 5.41) is 37.9. The summed E-state index contributed by atoms with van der Waals surface area (Å²) in [7, 11) is 0. The highest BCUT2D eigenvalue weighted by Crippen LogP contribution is 2.13. The molecule has 5 atom stereocenters.